The fourth-order valence-electron chi connectivity index (χ4n) is 2.09. The van der Waals surface area contributed by atoms with Gasteiger partial charge in [0, 0.05) is 25.8 Å². The van der Waals surface area contributed by atoms with Crippen LogP contribution in [0.3, 0.4) is 0 Å². The first kappa shape index (κ1) is 24.3. The first-order chi connectivity index (χ1) is 12.3. The molecular weight excluding hydrogens is 360 g/mol. The van der Waals surface area contributed by atoms with E-state index in [1.54, 1.807) is 20.8 Å². The molecule has 0 rings (SSSR count). The summed E-state index contributed by atoms with van der Waals surface area (Å²) < 4.78 is 15.8. The van der Waals surface area contributed by atoms with Gasteiger partial charge in [0.05, 0.1) is 12.5 Å². The molecule has 3 N–H and O–H groups in total. The largest absolute Gasteiger partial charge is 0.481 e. The number of ether oxygens (including phenoxy) is 1. The molecule has 1 unspecified atom stereocenters. The van der Waals surface area contributed by atoms with Gasteiger partial charge < -0.3 is 29.3 Å². The Kier molecular flexibility index (Phi) is 12.7. The second-order valence-electron chi connectivity index (χ2n) is 5.69. The standard InChI is InChI=1S/C16H32N2O7Si/c1-5-13(4)14(19)23-11-10-18-15(20)17-9-8-12-26(16(21)22,24-6-2)25-7-3/h13H,5-12H2,1-4H3,(H,21,22)(H2,17,18,20). The first-order valence-corrected chi connectivity index (χ1v) is 11.0. The van der Waals surface area contributed by atoms with Gasteiger partial charge in [-0.15, -0.1) is 0 Å². The van der Waals surface area contributed by atoms with Gasteiger partial charge >= 0.3 is 26.2 Å². The normalized spacial score (nSPS) is 12.3. The van der Waals surface area contributed by atoms with Gasteiger partial charge in [-0.25, -0.2) is 4.79 Å². The van der Waals surface area contributed by atoms with Gasteiger partial charge in [-0.2, -0.15) is 0 Å². The Hall–Kier alpha value is -1.65. The molecule has 0 aromatic heterocycles. The molecule has 10 heteroatoms. The molecule has 1 atom stereocenters. The van der Waals surface area contributed by atoms with Crippen LogP contribution in [0.1, 0.15) is 40.5 Å². The van der Waals surface area contributed by atoms with Crippen molar-refractivity contribution in [1.82, 2.24) is 10.6 Å². The van der Waals surface area contributed by atoms with E-state index >= 15 is 0 Å². The van der Waals surface area contributed by atoms with Gasteiger partial charge in [0.2, 0.25) is 0 Å². The zero-order valence-corrected chi connectivity index (χ0v) is 17.1. The Labute approximate surface area is 156 Å². The number of nitrogens with one attached hydrogen (secondary N) is 2. The lowest BCUT2D eigenvalue weighted by atomic mass is 10.1. The third-order valence-electron chi connectivity index (χ3n) is 3.70. The van der Waals surface area contributed by atoms with Crippen molar-refractivity contribution in [3.63, 3.8) is 0 Å². The molecule has 0 aromatic carbocycles. The number of amides is 2. The van der Waals surface area contributed by atoms with E-state index in [4.69, 9.17) is 13.6 Å². The van der Waals surface area contributed by atoms with Crippen LogP contribution in [0.25, 0.3) is 0 Å². The summed E-state index contributed by atoms with van der Waals surface area (Å²) in [7, 11) is -3.32. The number of hydrogen-bond donors (Lipinski definition) is 3. The monoisotopic (exact) mass is 392 g/mol. The Morgan fingerprint density at radius 1 is 1.04 bits per heavy atom. The minimum absolute atomic E-state index is 0.111. The molecule has 0 saturated heterocycles. The zero-order valence-electron chi connectivity index (χ0n) is 16.1. The van der Waals surface area contributed by atoms with Crippen molar-refractivity contribution in [1.29, 1.82) is 0 Å². The third-order valence-corrected chi connectivity index (χ3v) is 6.87. The molecule has 152 valence electrons. The number of urea groups is 1. The van der Waals surface area contributed by atoms with Crippen molar-refractivity contribution in [2.45, 2.75) is 46.6 Å². The van der Waals surface area contributed by atoms with Crippen LogP contribution in [0, 0.1) is 5.92 Å². The smallest absolute Gasteiger partial charge is 0.462 e. The summed E-state index contributed by atoms with van der Waals surface area (Å²) in [4.78, 5) is 34.6. The van der Waals surface area contributed by atoms with Crippen molar-refractivity contribution in [2.24, 2.45) is 5.92 Å². The first-order valence-electron chi connectivity index (χ1n) is 9.02. The van der Waals surface area contributed by atoms with Crippen LogP contribution < -0.4 is 10.6 Å². The number of carbonyl (C=O) groups excluding carboxylic acids is 2. The summed E-state index contributed by atoms with van der Waals surface area (Å²) in [6, 6.07) is -0.156. The van der Waals surface area contributed by atoms with Crippen LogP contribution in [0.4, 0.5) is 9.59 Å². The highest BCUT2D eigenvalue weighted by Gasteiger charge is 2.46. The van der Waals surface area contributed by atoms with Crippen molar-refractivity contribution in [3.05, 3.63) is 0 Å². The average Bonchev–Trinajstić information content (AvgIpc) is 2.61. The summed E-state index contributed by atoms with van der Waals surface area (Å²) in [5, 5.41) is 14.6. The third kappa shape index (κ3) is 9.16. The molecule has 0 saturated carbocycles. The molecule has 0 fully saturated rings. The Balaban J connectivity index is 4.06. The van der Waals surface area contributed by atoms with Crippen molar-refractivity contribution in [3.8, 4) is 0 Å². The van der Waals surface area contributed by atoms with Crippen molar-refractivity contribution < 1.29 is 33.1 Å². The van der Waals surface area contributed by atoms with Crippen molar-refractivity contribution >= 4 is 26.2 Å². The lowest BCUT2D eigenvalue weighted by molar-refractivity contribution is -0.147. The van der Waals surface area contributed by atoms with E-state index in [0.29, 0.717) is 19.4 Å². The fourth-order valence-corrected chi connectivity index (χ4v) is 4.50. The van der Waals surface area contributed by atoms with Gasteiger partial charge in [0.1, 0.15) is 6.61 Å². The molecule has 0 spiro atoms. The number of hydrogen-bond acceptors (Lipinski definition) is 6. The minimum Gasteiger partial charge on any atom is -0.481 e. The van der Waals surface area contributed by atoms with Crippen LogP contribution in [0.15, 0.2) is 0 Å². The highest BCUT2D eigenvalue weighted by Crippen LogP contribution is 2.17. The van der Waals surface area contributed by atoms with Gasteiger partial charge in [-0.3, -0.25) is 9.59 Å². The molecular formula is C16H32N2O7Si. The van der Waals surface area contributed by atoms with Crippen molar-refractivity contribution in [2.75, 3.05) is 32.9 Å². The molecule has 0 aliphatic rings. The van der Waals surface area contributed by atoms with Crippen LogP contribution >= 0.6 is 0 Å². The molecule has 2 amide bonds. The molecule has 9 nitrogen and oxygen atoms in total. The van der Waals surface area contributed by atoms with Crippen LogP contribution in [-0.2, 0) is 18.4 Å². The quantitative estimate of drug-likeness (QED) is 0.235. The molecule has 0 aliphatic carbocycles. The maximum atomic E-state index is 11.7. The SMILES string of the molecule is CCO[Si](CCCNC(=O)NCCOC(=O)C(C)CC)(OCC)C(=O)O. The van der Waals surface area contributed by atoms with E-state index in [-0.39, 0.29) is 44.3 Å². The summed E-state index contributed by atoms with van der Waals surface area (Å²) >= 11 is 0. The summed E-state index contributed by atoms with van der Waals surface area (Å²) in [6.07, 6.45) is 1.13. The summed E-state index contributed by atoms with van der Waals surface area (Å²) in [5.41, 5.74) is -1.05. The minimum atomic E-state index is -3.32. The predicted molar refractivity (Wildman–Crippen MR) is 98.3 cm³/mol. The molecule has 0 heterocycles. The predicted octanol–water partition coefficient (Wildman–Crippen LogP) is 2.04. The van der Waals surface area contributed by atoms with E-state index in [2.05, 4.69) is 10.6 Å². The lowest BCUT2D eigenvalue weighted by Gasteiger charge is -2.25. The Morgan fingerprint density at radius 2 is 1.62 bits per heavy atom. The van der Waals surface area contributed by atoms with Crippen LogP contribution in [-0.4, -0.2) is 64.2 Å². The average molecular weight is 393 g/mol. The molecule has 0 aliphatic heterocycles. The number of esters is 1. The maximum Gasteiger partial charge on any atom is 0.462 e. The number of carboxylic acid groups (broad SMARTS) is 1. The number of rotatable bonds is 14. The lowest BCUT2D eigenvalue weighted by Crippen LogP contribution is -2.50. The van der Waals surface area contributed by atoms with E-state index in [9.17, 15) is 19.5 Å². The summed E-state index contributed by atoms with van der Waals surface area (Å²) in [5.74, 6) is -0.435. The van der Waals surface area contributed by atoms with E-state index in [1.807, 2.05) is 6.92 Å². The Bertz CT molecular complexity index is 442. The second kappa shape index (κ2) is 13.5. The molecule has 0 radical (unpaired) electrons. The van der Waals surface area contributed by atoms with E-state index in [0.717, 1.165) is 0 Å². The fraction of sp³-hybridized carbons (Fsp3) is 0.812. The topological polar surface area (TPSA) is 123 Å². The van der Waals surface area contributed by atoms with Gasteiger partial charge in [0.15, 0.2) is 0 Å². The second-order valence-corrected chi connectivity index (χ2v) is 8.70. The highest BCUT2D eigenvalue weighted by molar-refractivity contribution is 6.95. The summed E-state index contributed by atoms with van der Waals surface area (Å²) in [6.45, 7) is 8.28. The van der Waals surface area contributed by atoms with Crippen LogP contribution in [0.2, 0.25) is 6.04 Å². The van der Waals surface area contributed by atoms with Crippen LogP contribution in [0.5, 0.6) is 0 Å². The zero-order chi connectivity index (χ0) is 20.0. The molecule has 0 bridgehead atoms. The Morgan fingerprint density at radius 3 is 2.12 bits per heavy atom. The maximum absolute atomic E-state index is 11.7. The highest BCUT2D eigenvalue weighted by atomic mass is 28.4. The number of carbonyl (C=O) groups is 3. The van der Waals surface area contributed by atoms with E-state index in [1.165, 1.54) is 0 Å². The molecule has 0 aromatic rings. The van der Waals surface area contributed by atoms with Gasteiger partial charge in [-0.1, -0.05) is 13.8 Å². The molecule has 26 heavy (non-hydrogen) atoms. The van der Waals surface area contributed by atoms with Gasteiger partial charge in [0.25, 0.3) is 0 Å². The van der Waals surface area contributed by atoms with E-state index < -0.39 is 20.2 Å². The van der Waals surface area contributed by atoms with Gasteiger partial charge in [-0.05, 0) is 26.7 Å².